The Morgan fingerprint density at radius 1 is 1.21 bits per heavy atom. The summed E-state index contributed by atoms with van der Waals surface area (Å²) in [5.41, 5.74) is -0.678. The molecule has 1 aliphatic rings. The lowest BCUT2D eigenvalue weighted by atomic mass is 9.88. The number of rotatable bonds is 7. The van der Waals surface area contributed by atoms with Crippen molar-refractivity contribution in [2.75, 3.05) is 25.7 Å². The highest BCUT2D eigenvalue weighted by atomic mass is 79.9. The van der Waals surface area contributed by atoms with Crippen LogP contribution in [0.4, 0.5) is 5.69 Å². The lowest BCUT2D eigenvalue weighted by Crippen LogP contribution is -2.41. The fourth-order valence-electron chi connectivity index (χ4n) is 3.35. The van der Waals surface area contributed by atoms with Gasteiger partial charge in [0.1, 0.15) is 0 Å². The minimum atomic E-state index is -1.95. The lowest BCUT2D eigenvalue weighted by molar-refractivity contribution is -0.135. The molecule has 0 aromatic heterocycles. The van der Waals surface area contributed by atoms with E-state index >= 15 is 0 Å². The molecule has 2 aromatic rings. The summed E-state index contributed by atoms with van der Waals surface area (Å²) < 4.78 is 11.1. The van der Waals surface area contributed by atoms with Crippen LogP contribution in [-0.4, -0.2) is 37.6 Å². The van der Waals surface area contributed by atoms with Crippen molar-refractivity contribution in [1.29, 1.82) is 0 Å². The molecule has 0 fully saturated rings. The molecule has 2 aromatic carbocycles. The van der Waals surface area contributed by atoms with Crippen molar-refractivity contribution in [3.8, 4) is 11.5 Å². The smallest absolute Gasteiger partial charge is 0.264 e. The first kappa shape index (κ1) is 20.1. The number of carbonyl (C=O) groups excluding carboxylic acids is 2. The van der Waals surface area contributed by atoms with E-state index in [1.165, 1.54) is 25.2 Å². The zero-order valence-corrected chi connectivity index (χ0v) is 17.2. The number of aliphatic hydroxyl groups is 1. The molecule has 0 spiro atoms. The molecule has 0 unspecified atom stereocenters. The van der Waals surface area contributed by atoms with Crippen molar-refractivity contribution < 1.29 is 24.2 Å². The van der Waals surface area contributed by atoms with Crippen LogP contribution in [0, 0.1) is 0 Å². The molecule has 0 bridgehead atoms. The highest BCUT2D eigenvalue weighted by Gasteiger charge is 2.50. The fraction of sp³-hybridized carbons (Fsp3) is 0.238. The zero-order valence-electron chi connectivity index (χ0n) is 15.6. The number of hydrogen-bond donors (Lipinski definition) is 1. The number of anilines is 1. The summed E-state index contributed by atoms with van der Waals surface area (Å²) in [6.07, 6.45) is 1.18. The number of methoxy groups -OCH3 is 2. The SMILES string of the molecule is C=CCN1C(=O)[C@@](O)(CC(=O)c2ccc(OC)c(OC)c2)c2cc(Br)ccc21. The number of amides is 1. The summed E-state index contributed by atoms with van der Waals surface area (Å²) in [5, 5.41) is 11.3. The third kappa shape index (κ3) is 3.31. The molecule has 0 saturated heterocycles. The molecule has 0 saturated carbocycles. The molecule has 1 N–H and O–H groups in total. The normalized spacial score (nSPS) is 18.0. The first-order valence-electron chi connectivity index (χ1n) is 8.56. The lowest BCUT2D eigenvalue weighted by Gasteiger charge is -2.22. The first-order chi connectivity index (χ1) is 13.3. The van der Waals surface area contributed by atoms with E-state index in [0.29, 0.717) is 32.8 Å². The quantitative estimate of drug-likeness (QED) is 0.521. The first-order valence-corrected chi connectivity index (χ1v) is 9.35. The van der Waals surface area contributed by atoms with Crippen molar-refractivity contribution in [3.63, 3.8) is 0 Å². The van der Waals surface area contributed by atoms with Gasteiger partial charge in [-0.15, -0.1) is 6.58 Å². The molecule has 1 atom stereocenters. The van der Waals surface area contributed by atoms with Gasteiger partial charge in [-0.25, -0.2) is 0 Å². The predicted octanol–water partition coefficient (Wildman–Crippen LogP) is 3.46. The topological polar surface area (TPSA) is 76.1 Å². The summed E-state index contributed by atoms with van der Waals surface area (Å²) in [4.78, 5) is 27.3. The van der Waals surface area contributed by atoms with Crippen molar-refractivity contribution >= 4 is 33.3 Å². The van der Waals surface area contributed by atoms with Gasteiger partial charge in [0.25, 0.3) is 5.91 Å². The average Bonchev–Trinajstić information content (AvgIpc) is 2.89. The number of Topliss-reactive ketones (excluding diaryl/α,β-unsaturated/α-hetero) is 1. The molecule has 7 heteroatoms. The molecule has 1 amide bonds. The number of fused-ring (bicyclic) bond motifs is 1. The molecule has 28 heavy (non-hydrogen) atoms. The largest absolute Gasteiger partial charge is 0.493 e. The minimum Gasteiger partial charge on any atom is -0.493 e. The molecular formula is C21H20BrNO5. The third-order valence-corrected chi connectivity index (χ3v) is 5.22. The third-order valence-electron chi connectivity index (χ3n) is 4.73. The number of halogens is 1. The van der Waals surface area contributed by atoms with Crippen LogP contribution in [0.2, 0.25) is 0 Å². The van der Waals surface area contributed by atoms with Gasteiger partial charge in [-0.1, -0.05) is 22.0 Å². The van der Waals surface area contributed by atoms with Crippen LogP contribution < -0.4 is 14.4 Å². The molecule has 0 aliphatic carbocycles. The fourth-order valence-corrected chi connectivity index (χ4v) is 3.71. The van der Waals surface area contributed by atoms with Gasteiger partial charge in [0.15, 0.2) is 22.9 Å². The Kier molecular flexibility index (Phi) is 5.58. The van der Waals surface area contributed by atoms with Crippen LogP contribution in [0.15, 0.2) is 53.5 Å². The van der Waals surface area contributed by atoms with E-state index in [9.17, 15) is 14.7 Å². The van der Waals surface area contributed by atoms with E-state index < -0.39 is 17.9 Å². The van der Waals surface area contributed by atoms with Gasteiger partial charge in [0.05, 0.1) is 26.3 Å². The number of hydrogen-bond acceptors (Lipinski definition) is 5. The molecular weight excluding hydrogens is 426 g/mol. The number of ether oxygens (including phenoxy) is 2. The average molecular weight is 446 g/mol. The van der Waals surface area contributed by atoms with E-state index in [-0.39, 0.29) is 12.3 Å². The Morgan fingerprint density at radius 3 is 2.57 bits per heavy atom. The van der Waals surface area contributed by atoms with E-state index in [1.54, 1.807) is 36.4 Å². The summed E-state index contributed by atoms with van der Waals surface area (Å²) >= 11 is 3.36. The number of carbonyl (C=O) groups is 2. The van der Waals surface area contributed by atoms with Crippen LogP contribution in [0.3, 0.4) is 0 Å². The van der Waals surface area contributed by atoms with Gasteiger partial charge in [-0.3, -0.25) is 9.59 Å². The number of benzene rings is 2. The molecule has 3 rings (SSSR count). The Labute approximate surface area is 171 Å². The Morgan fingerprint density at radius 2 is 1.93 bits per heavy atom. The van der Waals surface area contributed by atoms with Gasteiger partial charge in [0.2, 0.25) is 0 Å². The van der Waals surface area contributed by atoms with Crippen molar-refractivity contribution in [3.05, 3.63) is 64.7 Å². The van der Waals surface area contributed by atoms with Crippen molar-refractivity contribution in [2.45, 2.75) is 12.0 Å². The zero-order chi connectivity index (χ0) is 20.5. The monoisotopic (exact) mass is 445 g/mol. The maximum Gasteiger partial charge on any atom is 0.264 e. The van der Waals surface area contributed by atoms with Gasteiger partial charge in [-0.05, 0) is 36.4 Å². The summed E-state index contributed by atoms with van der Waals surface area (Å²) in [5.74, 6) is -0.0480. The van der Waals surface area contributed by atoms with Crippen LogP contribution in [0.25, 0.3) is 0 Å². The summed E-state index contributed by atoms with van der Waals surface area (Å²) in [7, 11) is 2.98. The summed E-state index contributed by atoms with van der Waals surface area (Å²) in [6.45, 7) is 3.90. The second-order valence-corrected chi connectivity index (χ2v) is 7.31. The van der Waals surface area contributed by atoms with Gasteiger partial charge in [-0.2, -0.15) is 0 Å². The predicted molar refractivity (Wildman–Crippen MR) is 109 cm³/mol. The second-order valence-electron chi connectivity index (χ2n) is 6.40. The van der Waals surface area contributed by atoms with Gasteiger partial charge < -0.3 is 19.5 Å². The minimum absolute atomic E-state index is 0.236. The van der Waals surface area contributed by atoms with Crippen LogP contribution >= 0.6 is 15.9 Å². The molecule has 146 valence electrons. The number of ketones is 1. The molecule has 1 heterocycles. The van der Waals surface area contributed by atoms with Crippen LogP contribution in [0.5, 0.6) is 11.5 Å². The van der Waals surface area contributed by atoms with Gasteiger partial charge >= 0.3 is 0 Å². The van der Waals surface area contributed by atoms with E-state index in [0.717, 1.165) is 0 Å². The maximum atomic E-state index is 13.0. The Balaban J connectivity index is 1.99. The maximum absolute atomic E-state index is 13.0. The van der Waals surface area contributed by atoms with E-state index in [1.807, 2.05) is 0 Å². The number of nitrogens with zero attached hydrogens (tertiary/aromatic N) is 1. The van der Waals surface area contributed by atoms with Crippen LogP contribution in [-0.2, 0) is 10.4 Å². The molecule has 1 aliphatic heterocycles. The highest BCUT2D eigenvalue weighted by molar-refractivity contribution is 9.10. The second kappa shape index (κ2) is 7.77. The van der Waals surface area contributed by atoms with Crippen molar-refractivity contribution in [1.82, 2.24) is 0 Å². The Bertz CT molecular complexity index is 958. The molecule has 0 radical (unpaired) electrons. The molecule has 6 nitrogen and oxygen atoms in total. The summed E-state index contributed by atoms with van der Waals surface area (Å²) in [6, 6.07) is 9.91. The highest BCUT2D eigenvalue weighted by Crippen LogP contribution is 2.44. The Hall–Kier alpha value is -2.64. The van der Waals surface area contributed by atoms with Crippen molar-refractivity contribution in [2.24, 2.45) is 0 Å². The van der Waals surface area contributed by atoms with Gasteiger partial charge in [0, 0.05) is 22.1 Å². The van der Waals surface area contributed by atoms with Crippen LogP contribution in [0.1, 0.15) is 22.3 Å². The van der Waals surface area contributed by atoms with E-state index in [4.69, 9.17) is 9.47 Å². The standard InChI is InChI=1S/C21H20BrNO5/c1-4-9-23-16-7-6-14(22)11-15(16)21(26,20(23)25)12-17(24)13-5-8-18(27-2)19(10-13)28-3/h4-8,10-11,26H,1,9,12H2,2-3H3/t21-/m1/s1. The van der Waals surface area contributed by atoms with E-state index in [2.05, 4.69) is 22.5 Å².